The van der Waals surface area contributed by atoms with Gasteiger partial charge >= 0.3 is 6.03 Å². The number of pyridine rings is 1. The molecule has 0 spiro atoms. The van der Waals surface area contributed by atoms with Crippen molar-refractivity contribution in [2.45, 2.75) is 45.4 Å². The molecule has 5 heteroatoms. The molecule has 0 fully saturated rings. The van der Waals surface area contributed by atoms with Crippen LogP contribution in [0.4, 0.5) is 10.6 Å². The van der Waals surface area contributed by atoms with E-state index in [9.17, 15) is 4.79 Å². The first-order chi connectivity index (χ1) is 9.19. The number of carbonyl (C=O) groups excluding carboxylic acids is 1. The minimum Gasteiger partial charge on any atom is -0.290 e. The first-order valence-electron chi connectivity index (χ1n) is 6.74. The monoisotopic (exact) mass is 265 g/mol. The van der Waals surface area contributed by atoms with Gasteiger partial charge in [0.25, 0.3) is 0 Å². The van der Waals surface area contributed by atoms with Crippen molar-refractivity contribution in [3.05, 3.63) is 23.9 Å². The minimum absolute atomic E-state index is 0.373. The van der Waals surface area contributed by atoms with Gasteiger partial charge in [0.1, 0.15) is 5.82 Å². The quantitative estimate of drug-likeness (QED) is 0.586. The predicted octanol–water partition coefficient (Wildman–Crippen LogP) is 3.45. The second-order valence-electron chi connectivity index (χ2n) is 4.60. The largest absolute Gasteiger partial charge is 0.344 e. The van der Waals surface area contributed by atoms with E-state index in [1.807, 2.05) is 12.1 Å². The zero-order chi connectivity index (χ0) is 14.1. The maximum atomic E-state index is 11.5. The molecule has 0 saturated carbocycles. The third-order valence-corrected chi connectivity index (χ3v) is 3.04. The van der Waals surface area contributed by atoms with Gasteiger partial charge in [-0.05, 0) is 24.0 Å². The SMILES string of the molecule is CCCCCC(C)c1cccnc1NC(=O)NOC. The normalized spacial score (nSPS) is 11.9. The number of urea groups is 1. The summed E-state index contributed by atoms with van der Waals surface area (Å²) in [5.41, 5.74) is 3.28. The third kappa shape index (κ3) is 5.26. The van der Waals surface area contributed by atoms with Gasteiger partial charge in [-0.3, -0.25) is 10.2 Å². The molecule has 1 atom stereocenters. The van der Waals surface area contributed by atoms with Crippen molar-refractivity contribution in [3.8, 4) is 0 Å². The molecule has 1 heterocycles. The van der Waals surface area contributed by atoms with Crippen LogP contribution in [0.2, 0.25) is 0 Å². The Kier molecular flexibility index (Phi) is 6.89. The van der Waals surface area contributed by atoms with Crippen LogP contribution < -0.4 is 10.8 Å². The molecule has 1 rings (SSSR count). The van der Waals surface area contributed by atoms with Gasteiger partial charge in [0.05, 0.1) is 7.11 Å². The lowest BCUT2D eigenvalue weighted by molar-refractivity contribution is 0.114. The Morgan fingerprint density at radius 1 is 1.47 bits per heavy atom. The number of hydroxylamine groups is 1. The van der Waals surface area contributed by atoms with E-state index in [-0.39, 0.29) is 0 Å². The van der Waals surface area contributed by atoms with E-state index in [1.165, 1.54) is 26.4 Å². The summed E-state index contributed by atoms with van der Waals surface area (Å²) >= 11 is 0. The summed E-state index contributed by atoms with van der Waals surface area (Å²) in [5, 5.41) is 2.70. The first kappa shape index (κ1) is 15.4. The number of anilines is 1. The molecule has 0 aliphatic rings. The maximum Gasteiger partial charge on any atom is 0.344 e. The summed E-state index contributed by atoms with van der Waals surface area (Å²) in [5.74, 6) is 0.971. The fourth-order valence-corrected chi connectivity index (χ4v) is 2.00. The Labute approximate surface area is 114 Å². The zero-order valence-electron chi connectivity index (χ0n) is 11.9. The van der Waals surface area contributed by atoms with Gasteiger partial charge in [0.15, 0.2) is 0 Å². The topological polar surface area (TPSA) is 63.2 Å². The van der Waals surface area contributed by atoms with Crippen molar-refractivity contribution in [2.75, 3.05) is 12.4 Å². The Morgan fingerprint density at radius 2 is 2.26 bits per heavy atom. The van der Waals surface area contributed by atoms with Gasteiger partial charge in [-0.2, -0.15) is 0 Å². The molecular weight excluding hydrogens is 242 g/mol. The molecule has 1 aromatic rings. The van der Waals surface area contributed by atoms with Gasteiger partial charge in [0, 0.05) is 6.20 Å². The smallest absolute Gasteiger partial charge is 0.290 e. The summed E-state index contributed by atoms with van der Waals surface area (Å²) in [4.78, 5) is 20.2. The van der Waals surface area contributed by atoms with Crippen LogP contribution in [0.25, 0.3) is 0 Å². The van der Waals surface area contributed by atoms with Gasteiger partial charge in [-0.1, -0.05) is 39.2 Å². The fourth-order valence-electron chi connectivity index (χ4n) is 2.00. The van der Waals surface area contributed by atoms with Crippen molar-refractivity contribution in [1.29, 1.82) is 0 Å². The average Bonchev–Trinajstić information content (AvgIpc) is 2.39. The van der Waals surface area contributed by atoms with Crippen molar-refractivity contribution in [1.82, 2.24) is 10.5 Å². The molecule has 106 valence electrons. The number of carbonyl (C=O) groups is 1. The van der Waals surface area contributed by atoms with E-state index >= 15 is 0 Å². The van der Waals surface area contributed by atoms with Crippen LogP contribution in [-0.4, -0.2) is 18.1 Å². The van der Waals surface area contributed by atoms with Gasteiger partial charge in [-0.25, -0.2) is 15.3 Å². The summed E-state index contributed by atoms with van der Waals surface area (Å²) < 4.78 is 0. The van der Waals surface area contributed by atoms with E-state index in [0.29, 0.717) is 11.7 Å². The number of rotatable bonds is 7. The van der Waals surface area contributed by atoms with E-state index in [0.717, 1.165) is 12.0 Å². The molecule has 0 saturated heterocycles. The molecule has 0 aromatic carbocycles. The minimum atomic E-state index is -0.414. The first-order valence-corrected chi connectivity index (χ1v) is 6.74. The highest BCUT2D eigenvalue weighted by atomic mass is 16.6. The molecule has 5 nitrogen and oxygen atoms in total. The standard InChI is InChI=1S/C14H23N3O2/c1-4-5-6-8-11(2)12-9-7-10-15-13(12)16-14(18)17-19-3/h7,9-11H,4-6,8H2,1-3H3,(H2,15,16,17,18). The van der Waals surface area contributed by atoms with Gasteiger partial charge in [0.2, 0.25) is 0 Å². The Morgan fingerprint density at radius 3 is 2.95 bits per heavy atom. The molecule has 0 aliphatic carbocycles. The summed E-state index contributed by atoms with van der Waals surface area (Å²) in [6.45, 7) is 4.35. The molecule has 19 heavy (non-hydrogen) atoms. The van der Waals surface area contributed by atoms with Crippen LogP contribution in [0.15, 0.2) is 18.3 Å². The molecule has 1 unspecified atom stereocenters. The number of aromatic nitrogens is 1. The summed E-state index contributed by atoms with van der Waals surface area (Å²) in [7, 11) is 1.40. The van der Waals surface area contributed by atoms with E-state index in [4.69, 9.17) is 0 Å². The highest BCUT2D eigenvalue weighted by molar-refractivity contribution is 5.88. The van der Waals surface area contributed by atoms with E-state index in [1.54, 1.807) is 6.20 Å². The molecule has 1 aromatic heterocycles. The molecule has 2 amide bonds. The van der Waals surface area contributed by atoms with Crippen molar-refractivity contribution in [2.24, 2.45) is 0 Å². The Balaban J connectivity index is 2.68. The number of nitrogens with zero attached hydrogens (tertiary/aromatic N) is 1. The number of hydrogen-bond acceptors (Lipinski definition) is 3. The third-order valence-electron chi connectivity index (χ3n) is 3.04. The van der Waals surface area contributed by atoms with Crippen LogP contribution in [0, 0.1) is 0 Å². The van der Waals surface area contributed by atoms with Crippen LogP contribution in [-0.2, 0) is 4.84 Å². The van der Waals surface area contributed by atoms with E-state index < -0.39 is 6.03 Å². The molecule has 0 radical (unpaired) electrons. The lowest BCUT2D eigenvalue weighted by atomic mass is 9.95. The number of hydrogen-bond donors (Lipinski definition) is 2. The highest BCUT2D eigenvalue weighted by Crippen LogP contribution is 2.26. The molecule has 0 bridgehead atoms. The molecule has 0 aliphatic heterocycles. The van der Waals surface area contributed by atoms with Gasteiger partial charge in [-0.15, -0.1) is 0 Å². The van der Waals surface area contributed by atoms with Crippen molar-refractivity contribution >= 4 is 11.8 Å². The van der Waals surface area contributed by atoms with Gasteiger partial charge < -0.3 is 0 Å². The number of nitrogens with one attached hydrogen (secondary N) is 2. The van der Waals surface area contributed by atoms with Crippen LogP contribution in [0.5, 0.6) is 0 Å². The summed E-state index contributed by atoms with van der Waals surface area (Å²) in [6, 6.07) is 3.49. The number of amides is 2. The second-order valence-corrected chi connectivity index (χ2v) is 4.60. The Bertz CT molecular complexity index is 396. The Hall–Kier alpha value is -1.62. The zero-order valence-corrected chi connectivity index (χ0v) is 11.9. The van der Waals surface area contributed by atoms with Crippen LogP contribution in [0.1, 0.15) is 51.0 Å². The highest BCUT2D eigenvalue weighted by Gasteiger charge is 2.13. The predicted molar refractivity (Wildman–Crippen MR) is 76.0 cm³/mol. The maximum absolute atomic E-state index is 11.5. The van der Waals surface area contributed by atoms with Crippen LogP contribution >= 0.6 is 0 Å². The van der Waals surface area contributed by atoms with E-state index in [2.05, 4.69) is 34.5 Å². The van der Waals surface area contributed by atoms with Crippen molar-refractivity contribution in [3.63, 3.8) is 0 Å². The lowest BCUT2D eigenvalue weighted by Gasteiger charge is -2.15. The number of unbranched alkanes of at least 4 members (excludes halogenated alkanes) is 2. The lowest BCUT2D eigenvalue weighted by Crippen LogP contribution is -2.28. The molecular formula is C14H23N3O2. The molecule has 2 N–H and O–H groups in total. The summed E-state index contributed by atoms with van der Waals surface area (Å²) in [6.07, 6.45) is 6.40. The van der Waals surface area contributed by atoms with Crippen molar-refractivity contribution < 1.29 is 9.63 Å². The van der Waals surface area contributed by atoms with Crippen LogP contribution in [0.3, 0.4) is 0 Å². The average molecular weight is 265 g/mol. The second kappa shape index (κ2) is 8.48. The fraction of sp³-hybridized carbons (Fsp3) is 0.571.